The van der Waals surface area contributed by atoms with Gasteiger partial charge >= 0.3 is 0 Å². The fourth-order valence-corrected chi connectivity index (χ4v) is 1.19. The number of hydrogen-bond acceptors (Lipinski definition) is 2. The van der Waals surface area contributed by atoms with Crippen molar-refractivity contribution in [3.05, 3.63) is 0 Å². The molecule has 4 nitrogen and oxygen atoms in total. The summed E-state index contributed by atoms with van der Waals surface area (Å²) in [5.74, 6) is 0.886. The Morgan fingerprint density at radius 2 is 2.30 bits per heavy atom. The molecule has 1 aliphatic carbocycles. The van der Waals surface area contributed by atoms with Gasteiger partial charge in [-0.3, -0.25) is 5.21 Å². The van der Waals surface area contributed by atoms with Gasteiger partial charge in [0, 0.05) is 0 Å². The second-order valence-corrected chi connectivity index (χ2v) is 2.86. The molecule has 0 bridgehead atoms. The molecule has 0 saturated heterocycles. The van der Waals surface area contributed by atoms with E-state index in [1.807, 2.05) is 0 Å². The lowest BCUT2D eigenvalue weighted by molar-refractivity contribution is 0.228. The summed E-state index contributed by atoms with van der Waals surface area (Å²) in [6.07, 6.45) is 2.17. The molecule has 0 radical (unpaired) electrons. The second-order valence-electron chi connectivity index (χ2n) is 2.86. The maximum atomic E-state index is 8.26. The highest BCUT2D eigenvalue weighted by molar-refractivity contribution is 5.76. The van der Waals surface area contributed by atoms with Crippen molar-refractivity contribution in [3.63, 3.8) is 0 Å². The van der Waals surface area contributed by atoms with Gasteiger partial charge in [-0.25, -0.2) is 10.5 Å². The van der Waals surface area contributed by atoms with Crippen LogP contribution in [0.4, 0.5) is 0 Å². The molecule has 0 aromatic carbocycles. The third-order valence-corrected chi connectivity index (χ3v) is 1.79. The van der Waals surface area contributed by atoms with Crippen LogP contribution in [0.5, 0.6) is 0 Å². The molecule has 0 aliphatic heterocycles. The van der Waals surface area contributed by atoms with E-state index in [0.717, 1.165) is 18.8 Å². The molecule has 10 heavy (non-hydrogen) atoms. The molecule has 0 amide bonds. The summed E-state index contributed by atoms with van der Waals surface area (Å²) in [7, 11) is 0. The van der Waals surface area contributed by atoms with Crippen molar-refractivity contribution in [1.82, 2.24) is 5.48 Å². The summed E-state index contributed by atoms with van der Waals surface area (Å²) < 4.78 is 0. The predicted molar refractivity (Wildman–Crippen MR) is 38.7 cm³/mol. The molecule has 58 valence electrons. The van der Waals surface area contributed by atoms with Crippen molar-refractivity contribution in [2.75, 3.05) is 0 Å². The van der Waals surface area contributed by atoms with Gasteiger partial charge in [0.1, 0.15) is 0 Å². The molecule has 0 aromatic rings. The molecule has 0 aromatic heterocycles. The topological polar surface area (TPSA) is 70.6 Å². The van der Waals surface area contributed by atoms with Crippen LogP contribution >= 0.6 is 0 Å². The zero-order valence-corrected chi connectivity index (χ0v) is 6.04. The molecule has 1 aliphatic rings. The smallest absolute Gasteiger partial charge is 0.213 e. The Kier molecular flexibility index (Phi) is 2.11. The van der Waals surface area contributed by atoms with Gasteiger partial charge in [0.2, 0.25) is 5.96 Å². The first-order chi connectivity index (χ1) is 4.72. The Labute approximate surface area is 60.1 Å². The Balaban J connectivity index is 2.26. The van der Waals surface area contributed by atoms with Gasteiger partial charge in [0.15, 0.2) is 0 Å². The summed E-state index contributed by atoms with van der Waals surface area (Å²) in [5, 5.41) is 8.26. The lowest BCUT2D eigenvalue weighted by atomic mass is 9.82. The van der Waals surface area contributed by atoms with E-state index in [9.17, 15) is 0 Å². The van der Waals surface area contributed by atoms with E-state index < -0.39 is 0 Å². The normalized spacial score (nSPS) is 33.2. The number of nitrogens with one attached hydrogen (secondary N) is 1. The van der Waals surface area contributed by atoms with Crippen LogP contribution in [0.25, 0.3) is 0 Å². The summed E-state index contributed by atoms with van der Waals surface area (Å²) >= 11 is 0. The standard InChI is InChI=1S/C6H13N3O/c1-4-2-5(3-4)8-6(7)9-10/h4-5,10H,2-3H2,1H3,(H3,7,8,9). The molecule has 0 unspecified atom stereocenters. The monoisotopic (exact) mass is 143 g/mol. The Morgan fingerprint density at radius 1 is 1.70 bits per heavy atom. The van der Waals surface area contributed by atoms with Crippen molar-refractivity contribution in [3.8, 4) is 0 Å². The second kappa shape index (κ2) is 2.88. The minimum Gasteiger partial charge on any atom is -0.368 e. The number of rotatable bonds is 1. The first-order valence-corrected chi connectivity index (χ1v) is 3.45. The number of guanidine groups is 1. The first kappa shape index (κ1) is 7.34. The van der Waals surface area contributed by atoms with Crippen LogP contribution in [0, 0.1) is 5.92 Å². The zero-order valence-electron chi connectivity index (χ0n) is 6.04. The van der Waals surface area contributed by atoms with Gasteiger partial charge in [0.25, 0.3) is 0 Å². The van der Waals surface area contributed by atoms with Gasteiger partial charge in [0.05, 0.1) is 6.04 Å². The lowest BCUT2D eigenvalue weighted by Crippen LogP contribution is -2.34. The van der Waals surface area contributed by atoms with E-state index in [1.165, 1.54) is 0 Å². The Hall–Kier alpha value is -0.770. The summed E-state index contributed by atoms with van der Waals surface area (Å²) in [4.78, 5) is 3.98. The van der Waals surface area contributed by atoms with E-state index in [1.54, 1.807) is 5.48 Å². The van der Waals surface area contributed by atoms with Crippen LogP contribution in [0.2, 0.25) is 0 Å². The van der Waals surface area contributed by atoms with Crippen LogP contribution in [-0.4, -0.2) is 17.2 Å². The molecule has 4 N–H and O–H groups in total. The van der Waals surface area contributed by atoms with Crippen LogP contribution in [-0.2, 0) is 0 Å². The minimum absolute atomic E-state index is 0.122. The predicted octanol–water partition coefficient (Wildman–Crippen LogP) is 0.0784. The third-order valence-electron chi connectivity index (χ3n) is 1.79. The van der Waals surface area contributed by atoms with Crippen LogP contribution in [0.1, 0.15) is 19.8 Å². The molecule has 1 fully saturated rings. The molecular formula is C6H13N3O. The van der Waals surface area contributed by atoms with Gasteiger partial charge in [-0.1, -0.05) is 6.92 Å². The number of nitrogens with zero attached hydrogens (tertiary/aromatic N) is 1. The van der Waals surface area contributed by atoms with Gasteiger partial charge in [-0.2, -0.15) is 0 Å². The van der Waals surface area contributed by atoms with Crippen molar-refractivity contribution in [2.24, 2.45) is 16.6 Å². The highest BCUT2D eigenvalue weighted by Gasteiger charge is 2.24. The van der Waals surface area contributed by atoms with E-state index in [4.69, 9.17) is 10.9 Å². The Bertz CT molecular complexity index is 140. The number of hydroxylamine groups is 1. The van der Waals surface area contributed by atoms with Crippen LogP contribution in [0.3, 0.4) is 0 Å². The summed E-state index contributed by atoms with van der Waals surface area (Å²) in [5.41, 5.74) is 7.02. The van der Waals surface area contributed by atoms with Crippen molar-refractivity contribution in [1.29, 1.82) is 0 Å². The molecule has 0 atom stereocenters. The van der Waals surface area contributed by atoms with Gasteiger partial charge in [-0.05, 0) is 18.8 Å². The Morgan fingerprint density at radius 3 is 2.70 bits per heavy atom. The maximum absolute atomic E-state index is 8.26. The molecule has 1 rings (SSSR count). The van der Waals surface area contributed by atoms with E-state index in [2.05, 4.69) is 11.9 Å². The van der Waals surface area contributed by atoms with E-state index >= 15 is 0 Å². The largest absolute Gasteiger partial charge is 0.368 e. The fraction of sp³-hybridized carbons (Fsp3) is 0.833. The number of hydrogen-bond donors (Lipinski definition) is 3. The van der Waals surface area contributed by atoms with E-state index in [0.29, 0.717) is 6.04 Å². The maximum Gasteiger partial charge on any atom is 0.213 e. The van der Waals surface area contributed by atoms with Crippen LogP contribution in [0.15, 0.2) is 4.99 Å². The highest BCUT2D eigenvalue weighted by Crippen LogP contribution is 2.28. The molecule has 1 saturated carbocycles. The first-order valence-electron chi connectivity index (χ1n) is 3.45. The fourth-order valence-electron chi connectivity index (χ4n) is 1.19. The van der Waals surface area contributed by atoms with Gasteiger partial charge in [-0.15, -0.1) is 0 Å². The quantitative estimate of drug-likeness (QED) is 0.276. The van der Waals surface area contributed by atoms with Crippen molar-refractivity contribution >= 4 is 5.96 Å². The molecule has 4 heteroatoms. The SMILES string of the molecule is CC1CC(N=C(N)NO)C1. The summed E-state index contributed by atoms with van der Waals surface area (Å²) in [6, 6.07) is 0.328. The van der Waals surface area contributed by atoms with Gasteiger partial charge < -0.3 is 5.73 Å². The minimum atomic E-state index is 0.122. The van der Waals surface area contributed by atoms with E-state index in [-0.39, 0.29) is 5.96 Å². The zero-order chi connectivity index (χ0) is 7.56. The molecule has 0 heterocycles. The average Bonchev–Trinajstić information content (AvgIpc) is 1.84. The number of nitrogens with two attached hydrogens (primary N) is 1. The molecule has 0 spiro atoms. The lowest BCUT2D eigenvalue weighted by Gasteiger charge is -2.29. The van der Waals surface area contributed by atoms with Crippen molar-refractivity contribution < 1.29 is 5.21 Å². The average molecular weight is 143 g/mol. The molecular weight excluding hydrogens is 130 g/mol. The highest BCUT2D eigenvalue weighted by atomic mass is 16.5. The summed E-state index contributed by atoms with van der Waals surface area (Å²) in [6.45, 7) is 2.18. The van der Waals surface area contributed by atoms with Crippen molar-refractivity contribution in [2.45, 2.75) is 25.8 Å². The van der Waals surface area contributed by atoms with Crippen LogP contribution < -0.4 is 11.2 Å². The number of aliphatic imine (C=N–C) groups is 1. The third kappa shape index (κ3) is 1.60.